The van der Waals surface area contributed by atoms with E-state index in [9.17, 15) is 0 Å². The van der Waals surface area contributed by atoms with Gasteiger partial charge in [-0.25, -0.2) is 9.97 Å². The van der Waals surface area contributed by atoms with E-state index in [1.54, 1.807) is 0 Å². The number of nitrogens with zero attached hydrogens (tertiary/aromatic N) is 2. The minimum Gasteiger partial charge on any atom is -0.494 e. The molecule has 3 heteroatoms. The summed E-state index contributed by atoms with van der Waals surface area (Å²) in [5.41, 5.74) is 2.28. The highest BCUT2D eigenvalue weighted by Crippen LogP contribution is 2.20. The Morgan fingerprint density at radius 2 is 1.30 bits per heavy atom. The quantitative estimate of drug-likeness (QED) is 0.158. The summed E-state index contributed by atoms with van der Waals surface area (Å²) < 4.78 is 5.91. The van der Waals surface area contributed by atoms with Crippen molar-refractivity contribution in [3.63, 3.8) is 0 Å². The van der Waals surface area contributed by atoms with Gasteiger partial charge in [-0.3, -0.25) is 0 Å². The molecule has 0 saturated heterocycles. The first kappa shape index (κ1) is 27.1. The van der Waals surface area contributed by atoms with Crippen molar-refractivity contribution in [1.82, 2.24) is 9.97 Å². The van der Waals surface area contributed by atoms with Crippen molar-refractivity contribution in [2.75, 3.05) is 6.61 Å². The zero-order valence-corrected chi connectivity index (χ0v) is 21.2. The van der Waals surface area contributed by atoms with Crippen molar-refractivity contribution in [3.8, 4) is 17.1 Å². The average Bonchev–Trinajstić information content (AvgIpc) is 2.85. The number of aromatic nitrogens is 2. The zero-order valence-electron chi connectivity index (χ0n) is 21.2. The summed E-state index contributed by atoms with van der Waals surface area (Å²) in [6.07, 6.45) is 27.6. The fraction of sp³-hybridized carbons (Fsp3) is 0.600. The Morgan fingerprint density at radius 3 is 2.03 bits per heavy atom. The van der Waals surface area contributed by atoms with Gasteiger partial charge in [0.05, 0.1) is 6.61 Å². The molecule has 0 bridgehead atoms. The van der Waals surface area contributed by atoms with Gasteiger partial charge in [-0.15, -0.1) is 0 Å². The van der Waals surface area contributed by atoms with E-state index in [1.807, 2.05) is 24.5 Å². The van der Waals surface area contributed by atoms with Crippen LogP contribution in [-0.4, -0.2) is 16.6 Å². The summed E-state index contributed by atoms with van der Waals surface area (Å²) in [5, 5.41) is 0. The van der Waals surface area contributed by atoms with Crippen LogP contribution in [0.4, 0.5) is 0 Å². The molecule has 0 amide bonds. The Balaban J connectivity index is 1.60. The van der Waals surface area contributed by atoms with Crippen LogP contribution in [0.1, 0.15) is 109 Å². The number of benzene rings is 1. The predicted molar refractivity (Wildman–Crippen MR) is 142 cm³/mol. The van der Waals surface area contributed by atoms with E-state index in [4.69, 9.17) is 4.74 Å². The van der Waals surface area contributed by atoms with Crippen LogP contribution >= 0.6 is 0 Å². The number of aryl methyl sites for hydroxylation is 1. The first-order valence-electron chi connectivity index (χ1n) is 13.5. The molecule has 0 fully saturated rings. The number of ether oxygens (including phenoxy) is 1. The second-order valence-electron chi connectivity index (χ2n) is 9.12. The lowest BCUT2D eigenvalue weighted by atomic mass is 10.1. The van der Waals surface area contributed by atoms with Crippen LogP contribution in [-0.2, 0) is 6.42 Å². The van der Waals surface area contributed by atoms with Crippen molar-refractivity contribution in [1.29, 1.82) is 0 Å². The predicted octanol–water partition coefficient (Wildman–Crippen LogP) is 9.12. The molecule has 0 N–H and O–H groups in total. The lowest BCUT2D eigenvalue weighted by Crippen LogP contribution is -1.97. The second-order valence-corrected chi connectivity index (χ2v) is 9.12. The van der Waals surface area contributed by atoms with Crippen molar-refractivity contribution in [3.05, 3.63) is 54.4 Å². The molecule has 0 aliphatic rings. The van der Waals surface area contributed by atoms with Crippen molar-refractivity contribution in [2.24, 2.45) is 0 Å². The SMILES string of the molecule is CCC/C=C\CCCCCCOc1ccc(-c2ncc(CCCCCCCCC)cn2)cc1. The molecular weight excluding hydrogens is 404 g/mol. The van der Waals surface area contributed by atoms with Crippen LogP contribution in [0.5, 0.6) is 5.75 Å². The number of allylic oxidation sites excluding steroid dienone is 2. The third-order valence-electron chi connectivity index (χ3n) is 6.04. The summed E-state index contributed by atoms with van der Waals surface area (Å²) in [6, 6.07) is 8.18. The summed E-state index contributed by atoms with van der Waals surface area (Å²) in [5.74, 6) is 1.72. The van der Waals surface area contributed by atoms with Crippen LogP contribution in [0.2, 0.25) is 0 Å². The Labute approximate surface area is 203 Å². The fourth-order valence-corrected chi connectivity index (χ4v) is 3.93. The Hall–Kier alpha value is -2.16. The lowest BCUT2D eigenvalue weighted by Gasteiger charge is -2.07. The maximum atomic E-state index is 5.91. The van der Waals surface area contributed by atoms with Crippen molar-refractivity contribution < 1.29 is 4.74 Å². The Kier molecular flexibility index (Phi) is 15.0. The van der Waals surface area contributed by atoms with Crippen LogP contribution in [0.15, 0.2) is 48.8 Å². The van der Waals surface area contributed by atoms with Gasteiger partial charge in [0, 0.05) is 18.0 Å². The average molecular weight is 451 g/mol. The molecule has 0 unspecified atom stereocenters. The summed E-state index contributed by atoms with van der Waals surface area (Å²) in [6.45, 7) is 5.28. The highest BCUT2D eigenvalue weighted by molar-refractivity contribution is 5.55. The van der Waals surface area contributed by atoms with Crippen molar-refractivity contribution >= 4 is 0 Å². The molecule has 33 heavy (non-hydrogen) atoms. The van der Waals surface area contributed by atoms with E-state index >= 15 is 0 Å². The third-order valence-corrected chi connectivity index (χ3v) is 6.04. The molecule has 1 heterocycles. The second kappa shape index (κ2) is 18.3. The monoisotopic (exact) mass is 450 g/mol. The van der Waals surface area contributed by atoms with Crippen LogP contribution in [0.3, 0.4) is 0 Å². The van der Waals surface area contributed by atoms with E-state index in [2.05, 4.69) is 48.1 Å². The minimum atomic E-state index is 0.787. The molecule has 0 radical (unpaired) electrons. The number of hydrogen-bond acceptors (Lipinski definition) is 3. The van der Waals surface area contributed by atoms with E-state index in [0.29, 0.717) is 0 Å². The minimum absolute atomic E-state index is 0.787. The van der Waals surface area contributed by atoms with Gasteiger partial charge in [-0.2, -0.15) is 0 Å². The Morgan fingerprint density at radius 1 is 0.667 bits per heavy atom. The maximum Gasteiger partial charge on any atom is 0.159 e. The highest BCUT2D eigenvalue weighted by atomic mass is 16.5. The normalized spacial score (nSPS) is 11.3. The van der Waals surface area contributed by atoms with Crippen LogP contribution in [0.25, 0.3) is 11.4 Å². The molecule has 2 rings (SSSR count). The van der Waals surface area contributed by atoms with E-state index in [0.717, 1.165) is 36.6 Å². The van der Waals surface area contributed by atoms with Gasteiger partial charge in [0.25, 0.3) is 0 Å². The highest BCUT2D eigenvalue weighted by Gasteiger charge is 2.03. The van der Waals surface area contributed by atoms with Crippen LogP contribution < -0.4 is 4.74 Å². The Bertz CT molecular complexity index is 737. The molecule has 2 aromatic rings. The van der Waals surface area contributed by atoms with Crippen molar-refractivity contribution in [2.45, 2.75) is 110 Å². The summed E-state index contributed by atoms with van der Waals surface area (Å²) in [7, 11) is 0. The largest absolute Gasteiger partial charge is 0.494 e. The molecule has 0 aliphatic carbocycles. The smallest absolute Gasteiger partial charge is 0.159 e. The van der Waals surface area contributed by atoms with Gasteiger partial charge in [0.15, 0.2) is 5.82 Å². The van der Waals surface area contributed by atoms with E-state index < -0.39 is 0 Å². The fourth-order valence-electron chi connectivity index (χ4n) is 3.93. The van der Waals surface area contributed by atoms with Gasteiger partial charge in [-0.1, -0.05) is 83.8 Å². The van der Waals surface area contributed by atoms with E-state index in [1.165, 1.54) is 89.0 Å². The topological polar surface area (TPSA) is 35.0 Å². The van der Waals surface area contributed by atoms with Gasteiger partial charge in [-0.05, 0) is 68.4 Å². The van der Waals surface area contributed by atoms with Crippen LogP contribution in [0, 0.1) is 0 Å². The molecule has 0 atom stereocenters. The molecule has 3 nitrogen and oxygen atoms in total. The standard InChI is InChI=1S/C30H46N2O/c1-3-5-7-9-11-12-14-16-18-24-33-29-22-20-28(21-23-29)30-31-25-27(26-32-30)19-17-15-13-10-8-6-4-2/h7,9,20-23,25-26H,3-6,8,10-19,24H2,1-2H3/b9-7-. The first-order chi connectivity index (χ1) is 16.3. The van der Waals surface area contributed by atoms with Gasteiger partial charge in [0.2, 0.25) is 0 Å². The molecule has 1 aromatic carbocycles. The summed E-state index contributed by atoms with van der Waals surface area (Å²) in [4.78, 5) is 9.18. The third kappa shape index (κ3) is 12.6. The number of rotatable bonds is 19. The first-order valence-corrected chi connectivity index (χ1v) is 13.5. The zero-order chi connectivity index (χ0) is 23.4. The molecular formula is C30H46N2O. The van der Waals surface area contributed by atoms with E-state index in [-0.39, 0.29) is 0 Å². The lowest BCUT2D eigenvalue weighted by molar-refractivity contribution is 0.305. The maximum absolute atomic E-state index is 5.91. The number of unbranched alkanes of at least 4 members (excludes halogenated alkanes) is 11. The molecule has 0 spiro atoms. The number of hydrogen-bond donors (Lipinski definition) is 0. The molecule has 1 aromatic heterocycles. The van der Waals surface area contributed by atoms with Gasteiger partial charge in [0.1, 0.15) is 5.75 Å². The summed E-state index contributed by atoms with van der Waals surface area (Å²) >= 11 is 0. The molecule has 0 saturated carbocycles. The molecule has 0 aliphatic heterocycles. The molecule has 182 valence electrons. The van der Waals surface area contributed by atoms with Gasteiger partial charge < -0.3 is 4.74 Å². The van der Waals surface area contributed by atoms with Gasteiger partial charge >= 0.3 is 0 Å².